The number of fused-ring (bicyclic) bond motifs is 3. The predicted octanol–water partition coefficient (Wildman–Crippen LogP) is 3.36. The van der Waals surface area contributed by atoms with E-state index >= 15 is 0 Å². The number of ether oxygens (including phenoxy) is 1. The van der Waals surface area contributed by atoms with Gasteiger partial charge in [-0.25, -0.2) is 9.78 Å². The third-order valence-corrected chi connectivity index (χ3v) is 6.35. The van der Waals surface area contributed by atoms with E-state index in [0.717, 1.165) is 30.5 Å². The Morgan fingerprint density at radius 1 is 1.38 bits per heavy atom. The van der Waals surface area contributed by atoms with Crippen LogP contribution in [0.15, 0.2) is 22.3 Å². The summed E-state index contributed by atoms with van der Waals surface area (Å²) in [6.07, 6.45) is 4.23. The van der Waals surface area contributed by atoms with Crippen LogP contribution >= 0.6 is 22.7 Å². The minimum absolute atomic E-state index is 0.0183. The van der Waals surface area contributed by atoms with Crippen molar-refractivity contribution in [1.29, 1.82) is 0 Å². The monoisotopic (exact) mass is 360 g/mol. The Hall–Kier alpha value is -1.99. The standard InChI is InChI=1S/C17H16N2O3S2/c1-10-6-7-23-15(10)16(21)22-9-11-8-14(20)19-12-4-2-3-5-13(12)24-17(19)18-11/h6-8H,2-5,9H2,1H3. The van der Waals surface area contributed by atoms with Crippen LogP contribution in [0.5, 0.6) is 0 Å². The Morgan fingerprint density at radius 3 is 3.00 bits per heavy atom. The number of thiophene rings is 1. The highest BCUT2D eigenvalue weighted by atomic mass is 32.1. The lowest BCUT2D eigenvalue weighted by Crippen LogP contribution is -2.18. The van der Waals surface area contributed by atoms with E-state index in [0.29, 0.717) is 15.5 Å². The second-order valence-electron chi connectivity index (χ2n) is 5.89. The van der Waals surface area contributed by atoms with Gasteiger partial charge in [-0.3, -0.25) is 9.20 Å². The molecule has 3 heterocycles. The number of nitrogens with zero attached hydrogens (tertiary/aromatic N) is 2. The first kappa shape index (κ1) is 15.5. The van der Waals surface area contributed by atoms with Crippen molar-refractivity contribution in [2.75, 3.05) is 0 Å². The lowest BCUT2D eigenvalue weighted by atomic mass is 10.0. The number of carbonyl (C=O) groups excluding carboxylic acids is 1. The molecule has 124 valence electrons. The number of carbonyl (C=O) groups is 1. The maximum atomic E-state index is 12.5. The second-order valence-corrected chi connectivity index (χ2v) is 7.87. The van der Waals surface area contributed by atoms with Crippen molar-refractivity contribution in [3.05, 3.63) is 54.6 Å². The summed E-state index contributed by atoms with van der Waals surface area (Å²) in [7, 11) is 0. The van der Waals surface area contributed by atoms with Crippen molar-refractivity contribution in [2.45, 2.75) is 39.2 Å². The first-order valence-electron chi connectivity index (χ1n) is 7.88. The molecule has 3 aromatic heterocycles. The molecule has 0 N–H and O–H groups in total. The maximum absolute atomic E-state index is 12.5. The first-order chi connectivity index (χ1) is 11.6. The van der Waals surface area contributed by atoms with Crippen LogP contribution in [0.2, 0.25) is 0 Å². The van der Waals surface area contributed by atoms with Crippen LogP contribution < -0.4 is 5.56 Å². The molecule has 7 heteroatoms. The lowest BCUT2D eigenvalue weighted by molar-refractivity contribution is 0.0473. The quantitative estimate of drug-likeness (QED) is 0.672. The van der Waals surface area contributed by atoms with Crippen LogP contribution in [-0.4, -0.2) is 15.4 Å². The van der Waals surface area contributed by atoms with E-state index in [1.807, 2.05) is 18.4 Å². The van der Waals surface area contributed by atoms with E-state index in [1.165, 1.54) is 28.7 Å². The molecule has 5 nitrogen and oxygen atoms in total. The number of aromatic nitrogens is 2. The molecule has 1 aliphatic rings. The molecule has 0 aromatic carbocycles. The maximum Gasteiger partial charge on any atom is 0.348 e. The zero-order chi connectivity index (χ0) is 16.7. The molecular weight excluding hydrogens is 344 g/mol. The number of esters is 1. The molecule has 0 atom stereocenters. The fraction of sp³-hybridized carbons (Fsp3) is 0.353. The summed E-state index contributed by atoms with van der Waals surface area (Å²) in [6.45, 7) is 1.89. The zero-order valence-corrected chi connectivity index (χ0v) is 14.8. The third-order valence-electron chi connectivity index (χ3n) is 4.21. The van der Waals surface area contributed by atoms with Gasteiger partial charge in [-0.2, -0.15) is 0 Å². The summed E-state index contributed by atoms with van der Waals surface area (Å²) >= 11 is 2.93. The average molecular weight is 360 g/mol. The van der Waals surface area contributed by atoms with E-state index in [4.69, 9.17) is 4.74 Å². The second kappa shape index (κ2) is 6.14. The summed E-state index contributed by atoms with van der Waals surface area (Å²) in [5.41, 5.74) is 2.43. The number of aryl methyl sites for hydroxylation is 3. The molecule has 0 amide bonds. The van der Waals surface area contributed by atoms with E-state index in [-0.39, 0.29) is 18.1 Å². The molecule has 3 aromatic rings. The molecule has 0 spiro atoms. The van der Waals surface area contributed by atoms with Crippen molar-refractivity contribution >= 4 is 33.6 Å². The van der Waals surface area contributed by atoms with Gasteiger partial charge in [0.1, 0.15) is 11.5 Å². The minimum atomic E-state index is -0.366. The van der Waals surface area contributed by atoms with Gasteiger partial charge >= 0.3 is 5.97 Å². The van der Waals surface area contributed by atoms with Crippen LogP contribution in [0.3, 0.4) is 0 Å². The van der Waals surface area contributed by atoms with Crippen molar-refractivity contribution in [3.63, 3.8) is 0 Å². The number of thiazole rings is 1. The predicted molar refractivity (Wildman–Crippen MR) is 94.2 cm³/mol. The van der Waals surface area contributed by atoms with E-state index in [1.54, 1.807) is 15.7 Å². The van der Waals surface area contributed by atoms with Gasteiger partial charge in [0.2, 0.25) is 0 Å². The zero-order valence-electron chi connectivity index (χ0n) is 13.2. The molecule has 1 aliphatic carbocycles. The van der Waals surface area contributed by atoms with Crippen molar-refractivity contribution < 1.29 is 9.53 Å². The van der Waals surface area contributed by atoms with E-state index < -0.39 is 0 Å². The highest BCUT2D eigenvalue weighted by molar-refractivity contribution is 7.17. The summed E-state index contributed by atoms with van der Waals surface area (Å²) in [4.78, 5) is 31.6. The fourth-order valence-electron chi connectivity index (χ4n) is 3.00. The van der Waals surface area contributed by atoms with Gasteiger partial charge in [-0.1, -0.05) is 0 Å². The highest BCUT2D eigenvalue weighted by Crippen LogP contribution is 2.28. The topological polar surface area (TPSA) is 60.7 Å². The van der Waals surface area contributed by atoms with Crippen LogP contribution in [0.1, 0.15) is 44.3 Å². The van der Waals surface area contributed by atoms with Crippen molar-refractivity contribution in [2.24, 2.45) is 0 Å². The van der Waals surface area contributed by atoms with E-state index in [9.17, 15) is 9.59 Å². The molecular formula is C17H16N2O3S2. The Labute approximate surface area is 146 Å². The fourth-order valence-corrected chi connectivity index (χ4v) is 5.05. The SMILES string of the molecule is Cc1ccsc1C(=O)OCc1cc(=O)n2c3c(sc2n1)CCCC3. The summed E-state index contributed by atoms with van der Waals surface area (Å²) in [5, 5.41) is 1.86. The summed E-state index contributed by atoms with van der Waals surface area (Å²) < 4.78 is 7.04. The summed E-state index contributed by atoms with van der Waals surface area (Å²) in [5.74, 6) is -0.366. The van der Waals surface area contributed by atoms with Gasteiger partial charge < -0.3 is 4.74 Å². The molecule has 0 bridgehead atoms. The lowest BCUT2D eigenvalue weighted by Gasteiger charge is -2.10. The van der Waals surface area contributed by atoms with Gasteiger partial charge in [0.25, 0.3) is 5.56 Å². The highest BCUT2D eigenvalue weighted by Gasteiger charge is 2.19. The molecule has 0 fully saturated rings. The molecule has 24 heavy (non-hydrogen) atoms. The van der Waals surface area contributed by atoms with Gasteiger partial charge in [-0.05, 0) is 49.6 Å². The molecule has 0 unspecified atom stereocenters. The smallest absolute Gasteiger partial charge is 0.348 e. The molecule has 0 aliphatic heterocycles. The Balaban J connectivity index is 1.60. The largest absolute Gasteiger partial charge is 0.455 e. The molecule has 4 rings (SSSR count). The Bertz CT molecular complexity index is 984. The number of rotatable bonds is 3. The van der Waals surface area contributed by atoms with Gasteiger partial charge in [0, 0.05) is 16.6 Å². The average Bonchev–Trinajstić information content (AvgIpc) is 3.15. The van der Waals surface area contributed by atoms with Gasteiger partial charge in [0.15, 0.2) is 4.96 Å². The van der Waals surface area contributed by atoms with Crippen LogP contribution in [-0.2, 0) is 24.2 Å². The van der Waals surface area contributed by atoms with Crippen molar-refractivity contribution in [1.82, 2.24) is 9.38 Å². The molecule has 0 saturated heterocycles. The Kier molecular flexibility index (Phi) is 3.97. The Morgan fingerprint density at radius 2 is 2.21 bits per heavy atom. The third kappa shape index (κ3) is 2.67. The molecule has 0 saturated carbocycles. The van der Waals surface area contributed by atoms with Crippen LogP contribution in [0, 0.1) is 6.92 Å². The number of hydrogen-bond donors (Lipinski definition) is 0. The summed E-state index contributed by atoms with van der Waals surface area (Å²) in [6, 6.07) is 3.36. The normalized spacial score (nSPS) is 13.9. The first-order valence-corrected chi connectivity index (χ1v) is 9.57. The molecule has 0 radical (unpaired) electrons. The van der Waals surface area contributed by atoms with Gasteiger partial charge in [0.05, 0.1) is 5.69 Å². The van der Waals surface area contributed by atoms with Gasteiger partial charge in [-0.15, -0.1) is 22.7 Å². The van der Waals surface area contributed by atoms with E-state index in [2.05, 4.69) is 4.98 Å². The van der Waals surface area contributed by atoms with Crippen molar-refractivity contribution in [3.8, 4) is 0 Å². The number of hydrogen-bond acceptors (Lipinski definition) is 6. The van der Waals surface area contributed by atoms with Crippen LogP contribution in [0.25, 0.3) is 4.96 Å². The minimum Gasteiger partial charge on any atom is -0.455 e. The van der Waals surface area contributed by atoms with Crippen LogP contribution in [0.4, 0.5) is 0 Å².